The molecule has 0 heterocycles. The van der Waals surface area contributed by atoms with E-state index in [4.69, 9.17) is 4.74 Å². The summed E-state index contributed by atoms with van der Waals surface area (Å²) in [7, 11) is 0. The van der Waals surface area contributed by atoms with Gasteiger partial charge in [0.1, 0.15) is 11.9 Å². The zero-order valence-corrected chi connectivity index (χ0v) is 17.9. The maximum atomic E-state index is 12.7. The van der Waals surface area contributed by atoms with E-state index in [0.29, 0.717) is 0 Å². The largest absolute Gasteiger partial charge is 0.491 e. The number of rotatable bonds is 9. The fourth-order valence-electron chi connectivity index (χ4n) is 3.20. The van der Waals surface area contributed by atoms with E-state index in [9.17, 15) is 9.59 Å². The Labute approximate surface area is 183 Å². The van der Waals surface area contributed by atoms with E-state index in [0.717, 1.165) is 22.4 Å². The van der Waals surface area contributed by atoms with Gasteiger partial charge in [-0.3, -0.25) is 9.59 Å². The van der Waals surface area contributed by atoms with Crippen LogP contribution < -0.4 is 15.4 Å². The monoisotopic (exact) mass is 416 g/mol. The summed E-state index contributed by atoms with van der Waals surface area (Å²) in [5.74, 6) is 0.404. The quantitative estimate of drug-likeness (QED) is 0.514. The first kappa shape index (κ1) is 22.1. The summed E-state index contributed by atoms with van der Waals surface area (Å²) in [6.45, 7) is 3.93. The van der Waals surface area contributed by atoms with Gasteiger partial charge in [0.05, 0.1) is 18.9 Å². The molecule has 3 rings (SSSR count). The average Bonchev–Trinajstić information content (AvgIpc) is 2.75. The van der Waals surface area contributed by atoms with Crippen molar-refractivity contribution < 1.29 is 14.3 Å². The van der Waals surface area contributed by atoms with Crippen molar-refractivity contribution in [3.05, 3.63) is 102 Å². The summed E-state index contributed by atoms with van der Waals surface area (Å²) in [5.41, 5.74) is 2.60. The third-order valence-corrected chi connectivity index (χ3v) is 4.61. The highest BCUT2D eigenvalue weighted by atomic mass is 16.5. The van der Waals surface area contributed by atoms with Crippen LogP contribution in [0.5, 0.6) is 5.75 Å². The first-order valence-electron chi connectivity index (χ1n) is 10.4. The van der Waals surface area contributed by atoms with Crippen LogP contribution >= 0.6 is 0 Å². The lowest BCUT2D eigenvalue weighted by molar-refractivity contribution is -0.123. The SMILES string of the molecule is CC(C)Oc1ccc(C(NC(=O)Cc2ccccc2)NC(=O)Cc2ccccc2)cc1. The molecule has 0 saturated carbocycles. The molecule has 5 heteroatoms. The number of ether oxygens (including phenoxy) is 1. The molecule has 0 fully saturated rings. The molecule has 0 unspecified atom stereocenters. The van der Waals surface area contributed by atoms with Crippen LogP contribution in [0.25, 0.3) is 0 Å². The second-order valence-corrected chi connectivity index (χ2v) is 7.63. The number of amides is 2. The molecule has 2 amide bonds. The Morgan fingerprint density at radius 1 is 0.710 bits per heavy atom. The topological polar surface area (TPSA) is 67.4 Å². The highest BCUT2D eigenvalue weighted by Crippen LogP contribution is 2.18. The number of benzene rings is 3. The lowest BCUT2D eigenvalue weighted by Gasteiger charge is -2.21. The van der Waals surface area contributed by atoms with Crippen LogP contribution in [0.2, 0.25) is 0 Å². The Morgan fingerprint density at radius 2 is 1.16 bits per heavy atom. The van der Waals surface area contributed by atoms with Gasteiger partial charge in [-0.15, -0.1) is 0 Å². The highest BCUT2D eigenvalue weighted by molar-refractivity contribution is 5.82. The number of nitrogens with one attached hydrogen (secondary N) is 2. The molecule has 0 aliphatic rings. The third kappa shape index (κ3) is 7.30. The first-order valence-corrected chi connectivity index (χ1v) is 10.4. The van der Waals surface area contributed by atoms with Gasteiger partial charge in [-0.05, 0) is 42.7 Å². The van der Waals surface area contributed by atoms with Crippen LogP contribution in [0.4, 0.5) is 0 Å². The zero-order chi connectivity index (χ0) is 22.1. The van der Waals surface area contributed by atoms with Crippen molar-refractivity contribution in [1.82, 2.24) is 10.6 Å². The van der Waals surface area contributed by atoms with Gasteiger partial charge >= 0.3 is 0 Å². The fourth-order valence-corrected chi connectivity index (χ4v) is 3.20. The lowest BCUT2D eigenvalue weighted by atomic mass is 10.1. The second kappa shape index (κ2) is 11.0. The molecule has 31 heavy (non-hydrogen) atoms. The Bertz CT molecular complexity index is 915. The lowest BCUT2D eigenvalue weighted by Crippen LogP contribution is -2.42. The predicted octanol–water partition coefficient (Wildman–Crippen LogP) is 4.19. The molecule has 160 valence electrons. The summed E-state index contributed by atoms with van der Waals surface area (Å²) in [4.78, 5) is 25.3. The van der Waals surface area contributed by atoms with Crippen LogP contribution in [0, 0.1) is 0 Å². The maximum Gasteiger partial charge on any atom is 0.226 e. The molecule has 0 spiro atoms. The number of hydrogen-bond acceptors (Lipinski definition) is 3. The Morgan fingerprint density at radius 3 is 1.58 bits per heavy atom. The summed E-state index contributed by atoms with van der Waals surface area (Å²) in [5, 5.41) is 5.89. The van der Waals surface area contributed by atoms with Crippen LogP contribution in [0.3, 0.4) is 0 Å². The molecule has 2 N–H and O–H groups in total. The summed E-state index contributed by atoms with van der Waals surface area (Å²) in [6.07, 6.45) is -0.0979. The van der Waals surface area contributed by atoms with Crippen LogP contribution in [0.15, 0.2) is 84.9 Å². The van der Waals surface area contributed by atoms with Gasteiger partial charge in [-0.1, -0.05) is 72.8 Å². The van der Waals surface area contributed by atoms with E-state index in [1.54, 1.807) is 0 Å². The molecule has 3 aromatic carbocycles. The predicted molar refractivity (Wildman–Crippen MR) is 122 cm³/mol. The Hall–Kier alpha value is -3.60. The number of hydrogen-bond donors (Lipinski definition) is 2. The van der Waals surface area contributed by atoms with Crippen molar-refractivity contribution in [2.75, 3.05) is 0 Å². The highest BCUT2D eigenvalue weighted by Gasteiger charge is 2.18. The van der Waals surface area contributed by atoms with E-state index < -0.39 is 6.17 Å². The number of carbonyl (C=O) groups is 2. The molecule has 0 saturated heterocycles. The van der Waals surface area contributed by atoms with Crippen molar-refractivity contribution in [2.24, 2.45) is 0 Å². The van der Waals surface area contributed by atoms with E-state index >= 15 is 0 Å². The van der Waals surface area contributed by atoms with Crippen LogP contribution in [-0.4, -0.2) is 17.9 Å². The standard InChI is InChI=1S/C26H28N2O3/c1-19(2)31-23-15-13-22(14-16-23)26(27-24(29)17-20-9-5-3-6-10-20)28-25(30)18-21-11-7-4-8-12-21/h3-16,19,26H,17-18H2,1-2H3,(H,27,29)(H,28,30). The van der Waals surface area contributed by atoms with Gasteiger partial charge in [0, 0.05) is 0 Å². The summed E-state index contributed by atoms with van der Waals surface area (Å²) in [6, 6.07) is 26.4. The van der Waals surface area contributed by atoms with Crippen LogP contribution in [-0.2, 0) is 22.4 Å². The molecule has 0 aromatic heterocycles. The molecule has 0 aliphatic heterocycles. The maximum absolute atomic E-state index is 12.7. The van der Waals surface area contributed by atoms with Gasteiger partial charge in [-0.25, -0.2) is 0 Å². The second-order valence-electron chi connectivity index (χ2n) is 7.63. The molecule has 0 atom stereocenters. The van der Waals surface area contributed by atoms with Crippen molar-refractivity contribution in [3.63, 3.8) is 0 Å². The van der Waals surface area contributed by atoms with Gasteiger partial charge in [0.25, 0.3) is 0 Å². The smallest absolute Gasteiger partial charge is 0.226 e. The van der Waals surface area contributed by atoms with Crippen molar-refractivity contribution in [1.29, 1.82) is 0 Å². The fraction of sp³-hybridized carbons (Fsp3) is 0.231. The van der Waals surface area contributed by atoms with Crippen LogP contribution in [0.1, 0.15) is 36.7 Å². The van der Waals surface area contributed by atoms with Crippen molar-refractivity contribution in [3.8, 4) is 5.75 Å². The molecule has 5 nitrogen and oxygen atoms in total. The van der Waals surface area contributed by atoms with E-state index in [2.05, 4.69) is 10.6 Å². The zero-order valence-electron chi connectivity index (χ0n) is 17.9. The third-order valence-electron chi connectivity index (χ3n) is 4.61. The van der Waals surface area contributed by atoms with E-state index in [-0.39, 0.29) is 30.8 Å². The molecule has 0 aliphatic carbocycles. The van der Waals surface area contributed by atoms with Gasteiger partial charge in [0.2, 0.25) is 11.8 Å². The minimum Gasteiger partial charge on any atom is -0.491 e. The van der Waals surface area contributed by atoms with Crippen molar-refractivity contribution in [2.45, 2.75) is 39.0 Å². The number of carbonyl (C=O) groups excluding carboxylic acids is 2. The summed E-state index contributed by atoms with van der Waals surface area (Å²) >= 11 is 0. The van der Waals surface area contributed by atoms with Crippen molar-refractivity contribution >= 4 is 11.8 Å². The van der Waals surface area contributed by atoms with Gasteiger partial charge in [0.15, 0.2) is 0 Å². The Kier molecular flexibility index (Phi) is 7.82. The van der Waals surface area contributed by atoms with E-state index in [1.807, 2.05) is 98.8 Å². The first-order chi connectivity index (χ1) is 15.0. The molecule has 3 aromatic rings. The summed E-state index contributed by atoms with van der Waals surface area (Å²) < 4.78 is 5.69. The molecular weight excluding hydrogens is 388 g/mol. The molecule has 0 bridgehead atoms. The van der Waals surface area contributed by atoms with Gasteiger partial charge in [-0.2, -0.15) is 0 Å². The van der Waals surface area contributed by atoms with Gasteiger partial charge < -0.3 is 15.4 Å². The molecular formula is C26H28N2O3. The van der Waals surface area contributed by atoms with E-state index in [1.165, 1.54) is 0 Å². The molecule has 0 radical (unpaired) electrons. The Balaban J connectivity index is 1.72. The average molecular weight is 417 g/mol. The minimum absolute atomic E-state index is 0.0674. The normalized spacial score (nSPS) is 10.7. The minimum atomic E-state index is -0.638.